The molecule has 0 saturated carbocycles. The van der Waals surface area contributed by atoms with Crippen LogP contribution in [0.2, 0.25) is 0 Å². The van der Waals surface area contributed by atoms with E-state index in [0.717, 1.165) is 128 Å². The molecule has 0 saturated heterocycles. The molecule has 6 heteroatoms. The molecule has 0 aliphatic carbocycles. The smallest absolute Gasteiger partial charge is 0.306 e. The Morgan fingerprint density at radius 1 is 0.313 bits per heavy atom. The second-order valence-electron chi connectivity index (χ2n) is 17.4. The molecule has 0 aromatic heterocycles. The summed E-state index contributed by atoms with van der Waals surface area (Å²) in [5.74, 6) is -1.04. The average molecular weight is 927 g/mol. The average Bonchev–Trinajstić information content (AvgIpc) is 3.33. The Kier molecular flexibility index (Phi) is 51.0. The maximum atomic E-state index is 12.8. The number of carbonyl (C=O) groups is 3. The predicted molar refractivity (Wildman–Crippen MR) is 288 cm³/mol. The molecule has 0 amide bonds. The van der Waals surface area contributed by atoms with Crippen LogP contribution >= 0.6 is 0 Å². The number of carbonyl (C=O) groups excluding carboxylic acids is 3. The number of hydrogen-bond donors (Lipinski definition) is 0. The van der Waals surface area contributed by atoms with Gasteiger partial charge < -0.3 is 14.2 Å². The first-order valence-electron chi connectivity index (χ1n) is 27.0. The highest BCUT2D eigenvalue weighted by Crippen LogP contribution is 2.12. The Morgan fingerprint density at radius 2 is 0.612 bits per heavy atom. The largest absolute Gasteiger partial charge is 0.462 e. The molecule has 0 N–H and O–H groups in total. The fourth-order valence-corrected chi connectivity index (χ4v) is 6.88. The molecule has 0 heterocycles. The third kappa shape index (κ3) is 52.6. The summed E-state index contributed by atoms with van der Waals surface area (Å²) in [6, 6.07) is 0. The van der Waals surface area contributed by atoms with Gasteiger partial charge in [-0.25, -0.2) is 0 Å². The quantitative estimate of drug-likeness (QED) is 0.0262. The molecular formula is C61H98O6. The highest BCUT2D eigenvalue weighted by Gasteiger charge is 2.19. The first-order valence-corrected chi connectivity index (χ1v) is 27.0. The van der Waals surface area contributed by atoms with E-state index < -0.39 is 6.10 Å². The first-order chi connectivity index (χ1) is 33.0. The summed E-state index contributed by atoms with van der Waals surface area (Å²) in [6.07, 6.45) is 74.7. The van der Waals surface area contributed by atoms with E-state index in [1.54, 1.807) is 0 Å². The number of esters is 3. The zero-order valence-electron chi connectivity index (χ0n) is 43.1. The monoisotopic (exact) mass is 927 g/mol. The van der Waals surface area contributed by atoms with Gasteiger partial charge in [-0.1, -0.05) is 206 Å². The standard InChI is InChI=1S/C61H98O6/c1-4-7-10-13-16-19-22-25-28-29-30-31-34-36-39-42-45-48-51-54-60(63)66-57-58(67-61(64)55-52-49-46-43-40-37-33-27-24-21-18-15-12-9-6-3)56-65-59(62)53-50-47-44-41-38-35-32-26-23-20-17-14-11-8-5-2/h9,12,16-21,25-28,30-33,36,39,45,48,58H,4-8,10-11,13-15,22-24,29,34-35,37-38,40-44,46-47,49-57H2,1-3H3/b12-9-,19-16-,20-17-,21-18-,28-25-,31-30-,32-26-,33-27-,39-36-,48-45-/t58-/m0/s1. The van der Waals surface area contributed by atoms with Gasteiger partial charge in [0.2, 0.25) is 0 Å². The lowest BCUT2D eigenvalue weighted by Gasteiger charge is -2.18. The molecule has 0 radical (unpaired) electrons. The summed E-state index contributed by atoms with van der Waals surface area (Å²) in [6.45, 7) is 6.37. The van der Waals surface area contributed by atoms with E-state index in [1.165, 1.54) is 51.4 Å². The molecule has 0 aromatic carbocycles. The van der Waals surface area contributed by atoms with Crippen LogP contribution in [0.4, 0.5) is 0 Å². The summed E-state index contributed by atoms with van der Waals surface area (Å²) in [4.78, 5) is 38.0. The van der Waals surface area contributed by atoms with Gasteiger partial charge in [0.05, 0.1) is 0 Å². The summed E-state index contributed by atoms with van der Waals surface area (Å²) in [5, 5.41) is 0. The molecule has 378 valence electrons. The van der Waals surface area contributed by atoms with Crippen molar-refractivity contribution in [3.05, 3.63) is 122 Å². The molecule has 1 atom stereocenters. The molecule has 0 bridgehead atoms. The zero-order chi connectivity index (χ0) is 48.6. The molecule has 0 aliphatic heterocycles. The van der Waals surface area contributed by atoms with E-state index in [4.69, 9.17) is 14.2 Å². The van der Waals surface area contributed by atoms with Crippen molar-refractivity contribution in [3.8, 4) is 0 Å². The number of ether oxygens (including phenoxy) is 3. The Morgan fingerprint density at radius 3 is 1.00 bits per heavy atom. The van der Waals surface area contributed by atoms with Gasteiger partial charge in [0.25, 0.3) is 0 Å². The van der Waals surface area contributed by atoms with Gasteiger partial charge in [-0.15, -0.1) is 0 Å². The van der Waals surface area contributed by atoms with Crippen molar-refractivity contribution in [1.29, 1.82) is 0 Å². The number of rotatable bonds is 47. The fraction of sp³-hybridized carbons (Fsp3) is 0.623. The Hall–Kier alpha value is -4.19. The molecule has 6 nitrogen and oxygen atoms in total. The van der Waals surface area contributed by atoms with Crippen molar-refractivity contribution in [3.63, 3.8) is 0 Å². The van der Waals surface area contributed by atoms with Crippen molar-refractivity contribution < 1.29 is 28.6 Å². The number of hydrogen-bond acceptors (Lipinski definition) is 6. The zero-order valence-corrected chi connectivity index (χ0v) is 43.1. The lowest BCUT2D eigenvalue weighted by Crippen LogP contribution is -2.30. The van der Waals surface area contributed by atoms with E-state index in [2.05, 4.69) is 136 Å². The highest BCUT2D eigenvalue weighted by atomic mass is 16.6. The van der Waals surface area contributed by atoms with Crippen LogP contribution < -0.4 is 0 Å². The van der Waals surface area contributed by atoms with Crippen LogP contribution in [0, 0.1) is 0 Å². The molecule has 67 heavy (non-hydrogen) atoms. The van der Waals surface area contributed by atoms with E-state index in [-0.39, 0.29) is 44.0 Å². The van der Waals surface area contributed by atoms with E-state index in [1.807, 2.05) is 6.08 Å². The lowest BCUT2D eigenvalue weighted by molar-refractivity contribution is -0.166. The SMILES string of the molecule is CC/C=C\C/C=C\C/C=C\CCCCCCCC(=O)O[C@H](COC(=O)CC/C=C\C/C=C\C/C=C\C/C=C\C/C=C\CCCCC)COC(=O)CCCCCCC/C=C\C/C=C\CCCCC. The van der Waals surface area contributed by atoms with Gasteiger partial charge in [0.1, 0.15) is 13.2 Å². The van der Waals surface area contributed by atoms with Crippen LogP contribution in [0.15, 0.2) is 122 Å². The van der Waals surface area contributed by atoms with E-state index >= 15 is 0 Å². The van der Waals surface area contributed by atoms with Crippen molar-refractivity contribution >= 4 is 17.9 Å². The van der Waals surface area contributed by atoms with Crippen molar-refractivity contribution in [2.75, 3.05) is 13.2 Å². The van der Waals surface area contributed by atoms with Crippen LogP contribution in [-0.2, 0) is 28.6 Å². The normalized spacial score (nSPS) is 13.1. The van der Waals surface area contributed by atoms with Crippen LogP contribution in [0.5, 0.6) is 0 Å². The van der Waals surface area contributed by atoms with Crippen LogP contribution in [0.3, 0.4) is 0 Å². The van der Waals surface area contributed by atoms with Crippen molar-refractivity contribution in [1.82, 2.24) is 0 Å². The molecule has 0 aliphatic rings. The van der Waals surface area contributed by atoms with Crippen LogP contribution in [0.1, 0.15) is 226 Å². The van der Waals surface area contributed by atoms with Gasteiger partial charge in [-0.2, -0.15) is 0 Å². The Labute approximate surface area is 412 Å². The molecule has 0 fully saturated rings. The van der Waals surface area contributed by atoms with Gasteiger partial charge in [-0.3, -0.25) is 14.4 Å². The number of unbranched alkanes of at least 4 members (excludes halogenated alkanes) is 16. The van der Waals surface area contributed by atoms with Crippen molar-refractivity contribution in [2.24, 2.45) is 0 Å². The third-order valence-electron chi connectivity index (χ3n) is 10.9. The van der Waals surface area contributed by atoms with Crippen LogP contribution in [0.25, 0.3) is 0 Å². The summed E-state index contributed by atoms with van der Waals surface area (Å²) in [7, 11) is 0. The van der Waals surface area contributed by atoms with Crippen molar-refractivity contribution in [2.45, 2.75) is 232 Å². The Balaban J connectivity index is 4.57. The van der Waals surface area contributed by atoms with Gasteiger partial charge in [-0.05, 0) is 122 Å². The maximum Gasteiger partial charge on any atom is 0.306 e. The minimum absolute atomic E-state index is 0.119. The van der Waals surface area contributed by atoms with Gasteiger partial charge in [0.15, 0.2) is 6.10 Å². The topological polar surface area (TPSA) is 78.9 Å². The fourth-order valence-electron chi connectivity index (χ4n) is 6.88. The summed E-state index contributed by atoms with van der Waals surface area (Å²) < 4.78 is 16.7. The summed E-state index contributed by atoms with van der Waals surface area (Å²) >= 11 is 0. The van der Waals surface area contributed by atoms with Gasteiger partial charge >= 0.3 is 17.9 Å². The third-order valence-corrected chi connectivity index (χ3v) is 10.9. The molecule has 0 aromatic rings. The van der Waals surface area contributed by atoms with Gasteiger partial charge in [0, 0.05) is 19.3 Å². The second-order valence-corrected chi connectivity index (χ2v) is 17.4. The minimum Gasteiger partial charge on any atom is -0.462 e. The van der Waals surface area contributed by atoms with Crippen LogP contribution in [-0.4, -0.2) is 37.2 Å². The number of allylic oxidation sites excluding steroid dienone is 20. The molecule has 0 unspecified atom stereocenters. The molecular weight excluding hydrogens is 829 g/mol. The lowest BCUT2D eigenvalue weighted by atomic mass is 10.1. The highest BCUT2D eigenvalue weighted by molar-refractivity contribution is 5.71. The Bertz CT molecular complexity index is 1440. The minimum atomic E-state index is -0.826. The molecule has 0 spiro atoms. The first kappa shape index (κ1) is 62.8. The summed E-state index contributed by atoms with van der Waals surface area (Å²) in [5.41, 5.74) is 0. The second kappa shape index (κ2) is 54.4. The van der Waals surface area contributed by atoms with E-state index in [0.29, 0.717) is 12.8 Å². The predicted octanol–water partition coefficient (Wildman–Crippen LogP) is 18.1. The molecule has 0 rings (SSSR count). The maximum absolute atomic E-state index is 12.8. The van der Waals surface area contributed by atoms with E-state index in [9.17, 15) is 14.4 Å².